The molecule has 134 valence electrons. The Morgan fingerprint density at radius 3 is 2.46 bits per heavy atom. The Kier molecular flexibility index (Phi) is 4.51. The maximum atomic E-state index is 13.3. The van der Waals surface area contributed by atoms with E-state index in [2.05, 4.69) is 10.3 Å². The summed E-state index contributed by atoms with van der Waals surface area (Å²) in [4.78, 5) is 15.7. The third-order valence-electron chi connectivity index (χ3n) is 4.07. The molecule has 0 bridgehead atoms. The zero-order valence-electron chi connectivity index (χ0n) is 13.5. The van der Waals surface area contributed by atoms with E-state index in [1.807, 2.05) is 0 Å². The maximum Gasteiger partial charge on any atom is 0.419 e. The summed E-state index contributed by atoms with van der Waals surface area (Å²) in [6, 6.07) is 0.624. The van der Waals surface area contributed by atoms with Gasteiger partial charge in [0.25, 0.3) is 0 Å². The molecule has 0 aliphatic heterocycles. The lowest BCUT2D eigenvalue weighted by molar-refractivity contribution is -0.140. The van der Waals surface area contributed by atoms with Crippen molar-refractivity contribution >= 4 is 6.09 Å². The zero-order chi connectivity index (χ0) is 18.3. The van der Waals surface area contributed by atoms with Crippen LogP contribution in [-0.2, 0) is 16.5 Å². The molecule has 0 radical (unpaired) electrons. The minimum Gasteiger partial charge on any atom is -0.445 e. The highest BCUT2D eigenvalue weighted by Gasteiger charge is 2.49. The molecule has 0 spiro atoms. The second-order valence-electron chi connectivity index (χ2n) is 6.62. The third-order valence-corrected chi connectivity index (χ3v) is 4.07. The fourth-order valence-electron chi connectivity index (χ4n) is 2.03. The number of nitrogens with zero attached hydrogens (tertiary/aromatic N) is 1. The van der Waals surface area contributed by atoms with Gasteiger partial charge in [0, 0.05) is 5.54 Å². The number of halogens is 4. The standard InChI is InChI=1S/C15H19F4N3O2/c1-8(13(2,3)20)24-12(23)22-14(4-5-14)11-6-9(15(17,18)19)10(16)7-21-11/h6-8H,4-5,20H2,1-3H3,(H,22,23). The average Bonchev–Trinajstić information content (AvgIpc) is 3.17. The summed E-state index contributed by atoms with van der Waals surface area (Å²) < 4.78 is 56.9. The molecule has 1 heterocycles. The summed E-state index contributed by atoms with van der Waals surface area (Å²) in [7, 11) is 0. The van der Waals surface area contributed by atoms with Gasteiger partial charge in [-0.25, -0.2) is 9.18 Å². The van der Waals surface area contributed by atoms with Crippen LogP contribution in [0.15, 0.2) is 12.3 Å². The molecule has 1 aliphatic rings. The van der Waals surface area contributed by atoms with E-state index < -0.39 is 40.8 Å². The molecule has 2 rings (SSSR count). The molecule has 1 aromatic heterocycles. The van der Waals surface area contributed by atoms with Crippen LogP contribution in [-0.4, -0.2) is 22.7 Å². The van der Waals surface area contributed by atoms with Crippen molar-refractivity contribution in [1.29, 1.82) is 0 Å². The van der Waals surface area contributed by atoms with E-state index in [-0.39, 0.29) is 5.69 Å². The molecule has 3 N–H and O–H groups in total. The topological polar surface area (TPSA) is 77.2 Å². The number of pyridine rings is 1. The fourth-order valence-corrected chi connectivity index (χ4v) is 2.03. The first-order valence-corrected chi connectivity index (χ1v) is 7.36. The zero-order valence-corrected chi connectivity index (χ0v) is 13.5. The quantitative estimate of drug-likeness (QED) is 0.819. The molecule has 0 saturated heterocycles. The predicted molar refractivity (Wildman–Crippen MR) is 77.5 cm³/mol. The van der Waals surface area contributed by atoms with Crippen molar-refractivity contribution in [2.75, 3.05) is 0 Å². The highest BCUT2D eigenvalue weighted by atomic mass is 19.4. The number of carbonyl (C=O) groups excluding carboxylic acids is 1. The van der Waals surface area contributed by atoms with E-state index in [0.717, 1.165) is 0 Å². The van der Waals surface area contributed by atoms with Crippen LogP contribution < -0.4 is 11.1 Å². The number of carbonyl (C=O) groups is 1. The molecule has 1 atom stereocenters. The number of hydrogen-bond acceptors (Lipinski definition) is 4. The fraction of sp³-hybridized carbons (Fsp3) is 0.600. The molecule has 0 aromatic carbocycles. The first-order chi connectivity index (χ1) is 10.8. The Labute approximate surface area is 136 Å². The highest BCUT2D eigenvalue weighted by Crippen LogP contribution is 2.46. The van der Waals surface area contributed by atoms with Gasteiger partial charge in [-0.05, 0) is 39.7 Å². The summed E-state index contributed by atoms with van der Waals surface area (Å²) in [5.74, 6) is -1.46. The second kappa shape index (κ2) is 5.87. The number of nitrogens with one attached hydrogen (secondary N) is 1. The van der Waals surface area contributed by atoms with Crippen molar-refractivity contribution in [3.8, 4) is 0 Å². The van der Waals surface area contributed by atoms with Crippen molar-refractivity contribution in [3.63, 3.8) is 0 Å². The van der Waals surface area contributed by atoms with Gasteiger partial charge in [0.05, 0.1) is 23.0 Å². The monoisotopic (exact) mass is 349 g/mol. The summed E-state index contributed by atoms with van der Waals surface area (Å²) in [6.45, 7) is 4.96. The molecular weight excluding hydrogens is 330 g/mol. The van der Waals surface area contributed by atoms with Gasteiger partial charge in [0.1, 0.15) is 6.10 Å². The number of aromatic nitrogens is 1. The molecule has 1 amide bonds. The minimum absolute atomic E-state index is 0.0483. The maximum absolute atomic E-state index is 13.3. The van der Waals surface area contributed by atoms with Crippen molar-refractivity contribution in [2.45, 2.75) is 57.0 Å². The molecule has 1 saturated carbocycles. The third kappa shape index (κ3) is 3.95. The first-order valence-electron chi connectivity index (χ1n) is 7.36. The number of ether oxygens (including phenoxy) is 1. The number of hydrogen-bond donors (Lipinski definition) is 2. The van der Waals surface area contributed by atoms with Crippen LogP contribution >= 0.6 is 0 Å². The van der Waals surface area contributed by atoms with Crippen molar-refractivity contribution in [3.05, 3.63) is 29.3 Å². The predicted octanol–water partition coefficient (Wildman–Crippen LogP) is 3.08. The Morgan fingerprint density at radius 2 is 2.00 bits per heavy atom. The number of rotatable bonds is 4. The molecule has 24 heavy (non-hydrogen) atoms. The molecule has 1 unspecified atom stereocenters. The highest BCUT2D eigenvalue weighted by molar-refractivity contribution is 5.69. The van der Waals surface area contributed by atoms with Gasteiger partial charge in [-0.1, -0.05) is 0 Å². The van der Waals surface area contributed by atoms with Gasteiger partial charge in [-0.2, -0.15) is 13.2 Å². The van der Waals surface area contributed by atoms with E-state index >= 15 is 0 Å². The van der Waals surface area contributed by atoms with Crippen molar-refractivity contribution in [1.82, 2.24) is 10.3 Å². The lowest BCUT2D eigenvalue weighted by Crippen LogP contribution is -2.48. The van der Waals surface area contributed by atoms with E-state index in [1.54, 1.807) is 20.8 Å². The van der Waals surface area contributed by atoms with Crippen LogP contribution in [0.4, 0.5) is 22.4 Å². The van der Waals surface area contributed by atoms with E-state index in [1.165, 1.54) is 0 Å². The van der Waals surface area contributed by atoms with Crippen LogP contribution in [0.3, 0.4) is 0 Å². The summed E-state index contributed by atoms with van der Waals surface area (Å²) in [5, 5.41) is 2.52. The van der Waals surface area contributed by atoms with Gasteiger partial charge >= 0.3 is 12.3 Å². The number of alkyl carbamates (subject to hydrolysis) is 1. The summed E-state index contributed by atoms with van der Waals surface area (Å²) >= 11 is 0. The van der Waals surface area contributed by atoms with Crippen LogP contribution in [0.2, 0.25) is 0 Å². The molecule has 5 nitrogen and oxygen atoms in total. The van der Waals surface area contributed by atoms with Gasteiger partial charge in [0.2, 0.25) is 0 Å². The Balaban J connectivity index is 2.16. The molecule has 9 heteroatoms. The van der Waals surface area contributed by atoms with Crippen LogP contribution in [0.25, 0.3) is 0 Å². The van der Waals surface area contributed by atoms with Crippen LogP contribution in [0, 0.1) is 5.82 Å². The van der Waals surface area contributed by atoms with Crippen LogP contribution in [0.5, 0.6) is 0 Å². The number of alkyl halides is 3. The lowest BCUT2D eigenvalue weighted by Gasteiger charge is -2.28. The smallest absolute Gasteiger partial charge is 0.419 e. The number of amides is 1. The van der Waals surface area contributed by atoms with E-state index in [4.69, 9.17) is 10.5 Å². The Bertz CT molecular complexity index is 637. The molecule has 1 aromatic rings. The SMILES string of the molecule is CC(OC(=O)NC1(c2cc(C(F)(F)F)c(F)cn2)CC1)C(C)(C)N. The minimum atomic E-state index is -4.84. The summed E-state index contributed by atoms with van der Waals surface area (Å²) in [5.41, 5.74) is 2.52. The largest absolute Gasteiger partial charge is 0.445 e. The second-order valence-corrected chi connectivity index (χ2v) is 6.62. The van der Waals surface area contributed by atoms with Crippen LogP contribution in [0.1, 0.15) is 44.9 Å². The average molecular weight is 349 g/mol. The van der Waals surface area contributed by atoms with Gasteiger partial charge < -0.3 is 15.8 Å². The Morgan fingerprint density at radius 1 is 1.42 bits per heavy atom. The first kappa shape index (κ1) is 18.4. The molecule has 1 aliphatic carbocycles. The number of nitrogens with two attached hydrogens (primary N) is 1. The summed E-state index contributed by atoms with van der Waals surface area (Å²) in [6.07, 6.45) is -4.97. The molecule has 1 fully saturated rings. The van der Waals surface area contributed by atoms with E-state index in [9.17, 15) is 22.4 Å². The normalized spacial score (nSPS) is 18.0. The van der Waals surface area contributed by atoms with Gasteiger partial charge in [-0.15, -0.1) is 0 Å². The van der Waals surface area contributed by atoms with Gasteiger partial charge in [-0.3, -0.25) is 4.98 Å². The molecular formula is C15H19F4N3O2. The van der Waals surface area contributed by atoms with Gasteiger partial charge in [0.15, 0.2) is 5.82 Å². The van der Waals surface area contributed by atoms with Crippen molar-refractivity contribution < 1.29 is 27.1 Å². The lowest BCUT2D eigenvalue weighted by atomic mass is 10.0. The Hall–Kier alpha value is -1.90. The van der Waals surface area contributed by atoms with Crippen molar-refractivity contribution in [2.24, 2.45) is 5.73 Å². The van der Waals surface area contributed by atoms with E-state index in [0.29, 0.717) is 25.1 Å².